The first-order valence-corrected chi connectivity index (χ1v) is 13.8. The predicted molar refractivity (Wildman–Crippen MR) is 137 cm³/mol. The van der Waals surface area contributed by atoms with Crippen LogP contribution < -0.4 is 5.32 Å². The monoisotopic (exact) mass is 473 g/mol. The SMILES string of the molecule is CCCCCCCCCCCCCCCC(=O)N[C@@H](C(=O)N1CCCC1)[C@@H](O)c1ccncc1. The quantitative estimate of drug-likeness (QED) is 0.268. The van der Waals surface area contributed by atoms with E-state index in [9.17, 15) is 14.7 Å². The van der Waals surface area contributed by atoms with Crippen molar-refractivity contribution in [3.05, 3.63) is 30.1 Å². The fraction of sp³-hybridized carbons (Fsp3) is 0.750. The molecule has 34 heavy (non-hydrogen) atoms. The van der Waals surface area contributed by atoms with Gasteiger partial charge in [-0.05, 0) is 37.0 Å². The Morgan fingerprint density at radius 3 is 1.91 bits per heavy atom. The molecule has 1 saturated heterocycles. The van der Waals surface area contributed by atoms with E-state index in [0.29, 0.717) is 25.1 Å². The number of amides is 2. The number of aromatic nitrogens is 1. The highest BCUT2D eigenvalue weighted by Gasteiger charge is 2.33. The van der Waals surface area contributed by atoms with Crippen LogP contribution in [0.15, 0.2) is 24.5 Å². The van der Waals surface area contributed by atoms with Gasteiger partial charge in [0.25, 0.3) is 0 Å². The Morgan fingerprint density at radius 2 is 1.38 bits per heavy atom. The van der Waals surface area contributed by atoms with Crippen LogP contribution in [0, 0.1) is 0 Å². The molecule has 6 nitrogen and oxygen atoms in total. The fourth-order valence-electron chi connectivity index (χ4n) is 4.71. The van der Waals surface area contributed by atoms with E-state index in [-0.39, 0.29) is 11.8 Å². The molecular formula is C28H47N3O3. The number of likely N-dealkylation sites (tertiary alicyclic amines) is 1. The molecule has 192 valence electrons. The molecule has 0 saturated carbocycles. The Balaban J connectivity index is 1.63. The first-order valence-electron chi connectivity index (χ1n) is 13.8. The number of hydrogen-bond acceptors (Lipinski definition) is 4. The van der Waals surface area contributed by atoms with Crippen LogP contribution in [0.5, 0.6) is 0 Å². The molecule has 0 bridgehead atoms. The van der Waals surface area contributed by atoms with Crippen LogP contribution >= 0.6 is 0 Å². The van der Waals surface area contributed by atoms with Crippen LogP contribution in [0.25, 0.3) is 0 Å². The number of aliphatic hydroxyl groups is 1. The van der Waals surface area contributed by atoms with Crippen LogP contribution in [0.1, 0.15) is 121 Å². The molecular weight excluding hydrogens is 426 g/mol. The lowest BCUT2D eigenvalue weighted by Gasteiger charge is -2.28. The Bertz CT molecular complexity index is 677. The second-order valence-electron chi connectivity index (χ2n) is 9.80. The van der Waals surface area contributed by atoms with E-state index in [2.05, 4.69) is 17.2 Å². The molecule has 2 amide bonds. The Morgan fingerprint density at radius 1 is 0.882 bits per heavy atom. The number of nitrogens with zero attached hydrogens (tertiary/aromatic N) is 2. The molecule has 1 aromatic heterocycles. The molecule has 0 aromatic carbocycles. The summed E-state index contributed by atoms with van der Waals surface area (Å²) < 4.78 is 0. The number of aliphatic hydroxyl groups excluding tert-OH is 1. The smallest absolute Gasteiger partial charge is 0.248 e. The highest BCUT2D eigenvalue weighted by molar-refractivity contribution is 5.88. The zero-order valence-corrected chi connectivity index (χ0v) is 21.4. The normalized spacial score (nSPS) is 15.3. The third-order valence-corrected chi connectivity index (χ3v) is 6.87. The molecule has 1 aliphatic heterocycles. The Kier molecular flexibility index (Phi) is 14.5. The Hall–Kier alpha value is -1.95. The summed E-state index contributed by atoms with van der Waals surface area (Å²) in [6.45, 7) is 3.63. The summed E-state index contributed by atoms with van der Waals surface area (Å²) in [7, 11) is 0. The number of pyridine rings is 1. The summed E-state index contributed by atoms with van der Waals surface area (Å²) in [5.74, 6) is -0.353. The minimum atomic E-state index is -1.08. The summed E-state index contributed by atoms with van der Waals surface area (Å²) in [6.07, 6.45) is 20.8. The summed E-state index contributed by atoms with van der Waals surface area (Å²) in [4.78, 5) is 31.4. The summed E-state index contributed by atoms with van der Waals surface area (Å²) in [5, 5.41) is 13.7. The van der Waals surface area contributed by atoms with Crippen molar-refractivity contribution in [2.45, 2.75) is 122 Å². The maximum atomic E-state index is 13.0. The van der Waals surface area contributed by atoms with Gasteiger partial charge in [-0.2, -0.15) is 0 Å². The minimum Gasteiger partial charge on any atom is -0.386 e. The van der Waals surface area contributed by atoms with Crippen LogP contribution in [-0.2, 0) is 9.59 Å². The molecule has 2 atom stereocenters. The van der Waals surface area contributed by atoms with Crippen molar-refractivity contribution in [1.29, 1.82) is 0 Å². The molecule has 1 fully saturated rings. The topological polar surface area (TPSA) is 82.5 Å². The predicted octanol–water partition coefficient (Wildman–Crippen LogP) is 5.70. The molecule has 0 aliphatic carbocycles. The highest BCUT2D eigenvalue weighted by Crippen LogP contribution is 2.20. The zero-order valence-electron chi connectivity index (χ0n) is 21.4. The van der Waals surface area contributed by atoms with Gasteiger partial charge in [-0.1, -0.05) is 84.0 Å². The van der Waals surface area contributed by atoms with E-state index in [1.807, 2.05) is 0 Å². The number of carbonyl (C=O) groups excluding carboxylic acids is 2. The molecule has 6 heteroatoms. The molecule has 2 rings (SSSR count). The van der Waals surface area contributed by atoms with Crippen LogP contribution in [0.3, 0.4) is 0 Å². The number of hydrogen-bond donors (Lipinski definition) is 2. The van der Waals surface area contributed by atoms with Gasteiger partial charge < -0.3 is 15.3 Å². The van der Waals surface area contributed by atoms with Gasteiger partial charge in [0.05, 0.1) is 0 Å². The molecule has 2 N–H and O–H groups in total. The standard InChI is InChI=1S/C28H47N3O3/c1-2-3-4-5-6-7-8-9-10-11-12-13-14-17-25(32)30-26(28(34)31-22-15-16-23-31)27(33)24-18-20-29-21-19-24/h18-21,26-27,33H,2-17,22-23H2,1H3,(H,30,32)/t26-,27+/m1/s1. The third kappa shape index (κ3) is 11.0. The van der Waals surface area contributed by atoms with E-state index in [0.717, 1.165) is 32.1 Å². The van der Waals surface area contributed by atoms with Gasteiger partial charge in [0, 0.05) is 31.9 Å². The first-order chi connectivity index (χ1) is 16.6. The second kappa shape index (κ2) is 17.5. The number of rotatable bonds is 18. The maximum Gasteiger partial charge on any atom is 0.248 e. The first kappa shape index (κ1) is 28.3. The van der Waals surface area contributed by atoms with Crippen LogP contribution in [0.2, 0.25) is 0 Å². The van der Waals surface area contributed by atoms with E-state index < -0.39 is 12.1 Å². The lowest BCUT2D eigenvalue weighted by molar-refractivity contribution is -0.139. The molecule has 0 spiro atoms. The largest absolute Gasteiger partial charge is 0.386 e. The van der Waals surface area contributed by atoms with Gasteiger partial charge in [-0.3, -0.25) is 14.6 Å². The van der Waals surface area contributed by atoms with Gasteiger partial charge in [0.15, 0.2) is 0 Å². The van der Waals surface area contributed by atoms with Crippen molar-refractivity contribution < 1.29 is 14.7 Å². The second-order valence-corrected chi connectivity index (χ2v) is 9.80. The van der Waals surface area contributed by atoms with Crippen molar-refractivity contribution >= 4 is 11.8 Å². The Labute approximate surface area is 206 Å². The maximum absolute atomic E-state index is 13.0. The van der Waals surface area contributed by atoms with Crippen molar-refractivity contribution in [3.8, 4) is 0 Å². The van der Waals surface area contributed by atoms with Crippen molar-refractivity contribution in [2.24, 2.45) is 0 Å². The summed E-state index contributed by atoms with van der Waals surface area (Å²) >= 11 is 0. The number of nitrogens with one attached hydrogen (secondary N) is 1. The lowest BCUT2D eigenvalue weighted by Crippen LogP contribution is -2.51. The molecule has 0 radical (unpaired) electrons. The van der Waals surface area contributed by atoms with E-state index in [4.69, 9.17) is 0 Å². The van der Waals surface area contributed by atoms with Gasteiger partial charge in [0.1, 0.15) is 12.1 Å². The third-order valence-electron chi connectivity index (χ3n) is 6.87. The fourth-order valence-corrected chi connectivity index (χ4v) is 4.71. The van der Waals surface area contributed by atoms with E-state index >= 15 is 0 Å². The average molecular weight is 474 g/mol. The van der Waals surface area contributed by atoms with Gasteiger partial charge in [-0.25, -0.2) is 0 Å². The highest BCUT2D eigenvalue weighted by atomic mass is 16.3. The summed E-state index contributed by atoms with van der Waals surface area (Å²) in [6, 6.07) is 2.43. The number of carbonyl (C=O) groups is 2. The van der Waals surface area contributed by atoms with Gasteiger partial charge >= 0.3 is 0 Å². The number of unbranched alkanes of at least 4 members (excludes halogenated alkanes) is 12. The van der Waals surface area contributed by atoms with Crippen LogP contribution in [-0.4, -0.2) is 45.9 Å². The molecule has 1 aromatic rings. The molecule has 1 aliphatic rings. The van der Waals surface area contributed by atoms with Gasteiger partial charge in [0.2, 0.25) is 11.8 Å². The minimum absolute atomic E-state index is 0.159. The zero-order chi connectivity index (χ0) is 24.4. The van der Waals surface area contributed by atoms with Crippen molar-refractivity contribution in [3.63, 3.8) is 0 Å². The van der Waals surface area contributed by atoms with Crippen LogP contribution in [0.4, 0.5) is 0 Å². The molecule has 0 unspecified atom stereocenters. The summed E-state index contributed by atoms with van der Waals surface area (Å²) in [5.41, 5.74) is 0.591. The van der Waals surface area contributed by atoms with E-state index in [1.54, 1.807) is 29.4 Å². The average Bonchev–Trinajstić information content (AvgIpc) is 3.40. The van der Waals surface area contributed by atoms with Crippen molar-refractivity contribution in [1.82, 2.24) is 15.2 Å². The van der Waals surface area contributed by atoms with E-state index in [1.165, 1.54) is 64.2 Å². The van der Waals surface area contributed by atoms with Gasteiger partial charge in [-0.15, -0.1) is 0 Å². The lowest BCUT2D eigenvalue weighted by atomic mass is 10.0. The molecule has 2 heterocycles. The van der Waals surface area contributed by atoms with Crippen molar-refractivity contribution in [2.75, 3.05) is 13.1 Å².